The van der Waals surface area contributed by atoms with Crippen molar-refractivity contribution in [1.29, 1.82) is 0 Å². The van der Waals surface area contributed by atoms with Crippen LogP contribution >= 0.6 is 0 Å². The van der Waals surface area contributed by atoms with Gasteiger partial charge < -0.3 is 4.74 Å². The molecule has 1 N–H and O–H groups in total. The number of aromatic amines is 1. The molecule has 2 saturated heterocycles. The summed E-state index contributed by atoms with van der Waals surface area (Å²) >= 11 is 0. The molecule has 10 heteroatoms. The molecule has 4 aromatic rings. The minimum absolute atomic E-state index is 0.150. The predicted octanol–water partition coefficient (Wildman–Crippen LogP) is 4.88. The van der Waals surface area contributed by atoms with Gasteiger partial charge in [-0.1, -0.05) is 19.1 Å². The number of benzene rings is 1. The van der Waals surface area contributed by atoms with Crippen LogP contribution in [0.25, 0.3) is 11.2 Å². The highest BCUT2D eigenvalue weighted by Crippen LogP contribution is 2.37. The van der Waals surface area contributed by atoms with Crippen molar-refractivity contribution in [1.82, 2.24) is 24.1 Å². The Balaban J connectivity index is 1.40. The molecule has 1 aromatic carbocycles. The molecule has 0 spiro atoms. The summed E-state index contributed by atoms with van der Waals surface area (Å²) in [6.07, 6.45) is 2.89. The number of fused-ring (bicyclic) bond motifs is 1. The van der Waals surface area contributed by atoms with E-state index in [9.17, 15) is 18.0 Å². The van der Waals surface area contributed by atoms with Gasteiger partial charge in [-0.2, -0.15) is 18.3 Å². The summed E-state index contributed by atoms with van der Waals surface area (Å²) in [5.74, 6) is 0.502. The average Bonchev–Trinajstić information content (AvgIpc) is 3.43. The number of H-pyrrole nitrogens is 1. The second kappa shape index (κ2) is 9.67. The molecule has 6 rings (SSSR count). The van der Waals surface area contributed by atoms with E-state index < -0.39 is 17.4 Å². The Bertz CT molecular complexity index is 1560. The number of nitrogens with one attached hydrogen (secondary N) is 1. The van der Waals surface area contributed by atoms with E-state index in [2.05, 4.69) is 22.0 Å². The lowest BCUT2D eigenvalue weighted by atomic mass is 9.74. The number of halogens is 3. The summed E-state index contributed by atoms with van der Waals surface area (Å²) in [7, 11) is 0. The van der Waals surface area contributed by atoms with E-state index in [0.29, 0.717) is 43.3 Å². The normalized spacial score (nSPS) is 19.9. The molecule has 2 aliphatic heterocycles. The number of hydrogen-bond donors (Lipinski definition) is 1. The Labute approximate surface area is 224 Å². The van der Waals surface area contributed by atoms with E-state index in [1.807, 2.05) is 25.1 Å². The molecule has 2 fully saturated rings. The van der Waals surface area contributed by atoms with E-state index in [-0.39, 0.29) is 10.9 Å². The van der Waals surface area contributed by atoms with Crippen molar-refractivity contribution in [2.75, 3.05) is 26.3 Å². The molecular formula is C29H32F3N5O2. The van der Waals surface area contributed by atoms with E-state index in [1.165, 1.54) is 16.8 Å². The second-order valence-corrected chi connectivity index (χ2v) is 11.3. The van der Waals surface area contributed by atoms with Gasteiger partial charge in [0.25, 0.3) is 0 Å². The maximum Gasteiger partial charge on any atom is 0.418 e. The van der Waals surface area contributed by atoms with Gasteiger partial charge in [0.05, 0.1) is 36.2 Å². The molecule has 39 heavy (non-hydrogen) atoms. The van der Waals surface area contributed by atoms with Crippen LogP contribution < -0.4 is 5.69 Å². The number of pyridine rings is 1. The molecule has 5 heterocycles. The second-order valence-electron chi connectivity index (χ2n) is 11.3. The van der Waals surface area contributed by atoms with E-state index in [1.54, 1.807) is 18.5 Å². The Hall–Kier alpha value is -3.37. The fourth-order valence-corrected chi connectivity index (χ4v) is 6.03. The van der Waals surface area contributed by atoms with Gasteiger partial charge in [-0.3, -0.25) is 19.0 Å². The van der Waals surface area contributed by atoms with Crippen LogP contribution in [-0.2, 0) is 29.3 Å². The van der Waals surface area contributed by atoms with Crippen LogP contribution in [0.15, 0.2) is 53.7 Å². The SMILES string of the molecule is Cc1cn[nH]c1CC1(c2cccc(-n3cc4c(C(F)(F)F)cc(CN5CCC[C@H](C)C5)cn4c3=O)c2)COC1. The average molecular weight is 540 g/mol. The maximum absolute atomic E-state index is 14.2. The van der Waals surface area contributed by atoms with Crippen molar-refractivity contribution in [2.24, 2.45) is 5.92 Å². The van der Waals surface area contributed by atoms with Crippen LogP contribution in [-0.4, -0.2) is 50.4 Å². The third kappa shape index (κ3) is 4.80. The van der Waals surface area contributed by atoms with Crippen LogP contribution in [0.4, 0.5) is 13.2 Å². The number of nitrogens with zero attached hydrogens (tertiary/aromatic N) is 4. The highest BCUT2D eigenvalue weighted by molar-refractivity contribution is 5.58. The van der Waals surface area contributed by atoms with Gasteiger partial charge in [0.2, 0.25) is 0 Å². The number of likely N-dealkylation sites (tertiary alicyclic amines) is 1. The highest BCUT2D eigenvalue weighted by atomic mass is 19.4. The summed E-state index contributed by atoms with van der Waals surface area (Å²) in [5, 5.41) is 7.18. The summed E-state index contributed by atoms with van der Waals surface area (Å²) in [6, 6.07) is 8.66. The minimum Gasteiger partial charge on any atom is -0.379 e. The van der Waals surface area contributed by atoms with E-state index >= 15 is 0 Å². The van der Waals surface area contributed by atoms with Crippen molar-refractivity contribution in [3.63, 3.8) is 0 Å². The van der Waals surface area contributed by atoms with Crippen LogP contribution in [0, 0.1) is 12.8 Å². The molecule has 1 atom stereocenters. The standard InChI is InChI=1S/C29H32F3N5O2/c1-19-5-4-8-35(13-19)14-21-9-24(29(30,31)32)26-16-36(27(38)37(26)15-21)23-7-3-6-22(10-23)28(17-39-18-28)11-25-20(2)12-33-34-25/h3,6-7,9-10,12,15-16,19H,4-5,8,11,13-14,17-18H2,1-2H3,(H,33,34)/t19-/m0/s1. The van der Waals surface area contributed by atoms with Crippen molar-refractivity contribution in [3.05, 3.63) is 87.4 Å². The molecule has 0 saturated carbocycles. The molecule has 0 unspecified atom stereocenters. The molecule has 0 radical (unpaired) electrons. The lowest BCUT2D eigenvalue weighted by Gasteiger charge is -2.42. The van der Waals surface area contributed by atoms with Crippen molar-refractivity contribution in [2.45, 2.75) is 51.2 Å². The van der Waals surface area contributed by atoms with E-state index in [0.717, 1.165) is 47.2 Å². The number of hydrogen-bond acceptors (Lipinski definition) is 4. The van der Waals surface area contributed by atoms with Crippen LogP contribution in [0.5, 0.6) is 0 Å². The van der Waals surface area contributed by atoms with Crippen LogP contribution in [0.2, 0.25) is 0 Å². The zero-order chi connectivity index (χ0) is 27.4. The van der Waals surface area contributed by atoms with Gasteiger partial charge in [-0.15, -0.1) is 0 Å². The highest BCUT2D eigenvalue weighted by Gasteiger charge is 2.41. The third-order valence-corrected chi connectivity index (χ3v) is 8.22. The molecule has 3 aromatic heterocycles. The first kappa shape index (κ1) is 25.9. The van der Waals surface area contributed by atoms with Gasteiger partial charge in [-0.25, -0.2) is 4.79 Å². The number of imidazole rings is 1. The number of piperidine rings is 1. The number of aryl methyl sites for hydroxylation is 1. The molecule has 0 amide bonds. The monoisotopic (exact) mass is 539 g/mol. The van der Waals surface area contributed by atoms with Crippen LogP contribution in [0.1, 0.15) is 47.7 Å². The van der Waals surface area contributed by atoms with Gasteiger partial charge in [0, 0.05) is 43.0 Å². The van der Waals surface area contributed by atoms with Gasteiger partial charge in [0.1, 0.15) is 0 Å². The number of rotatable bonds is 6. The first-order valence-corrected chi connectivity index (χ1v) is 13.4. The quantitative estimate of drug-likeness (QED) is 0.379. The molecule has 7 nitrogen and oxygen atoms in total. The third-order valence-electron chi connectivity index (χ3n) is 8.22. The number of aromatic nitrogens is 4. The molecule has 0 aliphatic carbocycles. The Morgan fingerprint density at radius 3 is 2.69 bits per heavy atom. The topological polar surface area (TPSA) is 67.6 Å². The number of alkyl halides is 3. The van der Waals surface area contributed by atoms with Crippen molar-refractivity contribution in [3.8, 4) is 5.69 Å². The van der Waals surface area contributed by atoms with Crippen LogP contribution in [0.3, 0.4) is 0 Å². The smallest absolute Gasteiger partial charge is 0.379 e. The summed E-state index contributed by atoms with van der Waals surface area (Å²) in [5.41, 5.74) is 2.28. The fourth-order valence-electron chi connectivity index (χ4n) is 6.03. The summed E-state index contributed by atoms with van der Waals surface area (Å²) in [4.78, 5) is 15.7. The Kier molecular flexibility index (Phi) is 6.42. The molecular weight excluding hydrogens is 507 g/mol. The lowest BCUT2D eigenvalue weighted by Crippen LogP contribution is -2.48. The largest absolute Gasteiger partial charge is 0.418 e. The zero-order valence-corrected chi connectivity index (χ0v) is 22.1. The number of ether oxygens (including phenoxy) is 1. The maximum atomic E-state index is 14.2. The first-order chi connectivity index (χ1) is 18.6. The Morgan fingerprint density at radius 1 is 1.21 bits per heavy atom. The zero-order valence-electron chi connectivity index (χ0n) is 22.1. The minimum atomic E-state index is -4.59. The first-order valence-electron chi connectivity index (χ1n) is 13.4. The summed E-state index contributed by atoms with van der Waals surface area (Å²) in [6.45, 7) is 7.24. The molecule has 206 valence electrons. The fraction of sp³-hybridized carbons (Fsp3) is 0.448. The van der Waals surface area contributed by atoms with Crippen molar-refractivity contribution >= 4 is 5.52 Å². The van der Waals surface area contributed by atoms with Gasteiger partial charge >= 0.3 is 11.9 Å². The van der Waals surface area contributed by atoms with Gasteiger partial charge in [-0.05, 0) is 67.1 Å². The summed E-state index contributed by atoms with van der Waals surface area (Å²) < 4.78 is 50.7. The lowest BCUT2D eigenvalue weighted by molar-refractivity contribution is -0.136. The Morgan fingerprint density at radius 2 is 2.03 bits per heavy atom. The predicted molar refractivity (Wildman–Crippen MR) is 141 cm³/mol. The molecule has 2 aliphatic rings. The van der Waals surface area contributed by atoms with Crippen molar-refractivity contribution < 1.29 is 17.9 Å². The van der Waals surface area contributed by atoms with E-state index in [4.69, 9.17) is 4.74 Å². The van der Waals surface area contributed by atoms with Gasteiger partial charge in [0.15, 0.2) is 0 Å². The molecule has 0 bridgehead atoms.